The van der Waals surface area contributed by atoms with Crippen LogP contribution in [0.15, 0.2) is 30.3 Å². The van der Waals surface area contributed by atoms with Gasteiger partial charge in [0.15, 0.2) is 0 Å². The van der Waals surface area contributed by atoms with E-state index in [0.717, 1.165) is 32.4 Å². The van der Waals surface area contributed by atoms with Gasteiger partial charge in [-0.05, 0) is 25.0 Å². The summed E-state index contributed by atoms with van der Waals surface area (Å²) in [5.41, 5.74) is 1.20. The molecule has 1 rings (SSSR count). The lowest BCUT2D eigenvalue weighted by atomic mass is 10.3. The van der Waals surface area contributed by atoms with Crippen LogP contribution < -0.4 is 15.5 Å². The Bertz CT molecular complexity index is 354. The molecule has 2 N–H and O–H groups in total. The molecule has 0 aliphatic rings. The number of urea groups is 1. The van der Waals surface area contributed by atoms with Crippen molar-refractivity contribution in [2.45, 2.75) is 26.2 Å². The number of carbonyl (C=O) groups is 1. The van der Waals surface area contributed by atoms with E-state index < -0.39 is 0 Å². The summed E-state index contributed by atoms with van der Waals surface area (Å²) in [5, 5.41) is 5.71. The van der Waals surface area contributed by atoms with Crippen molar-refractivity contribution < 1.29 is 4.79 Å². The molecule has 0 fully saturated rings. The first-order valence-corrected chi connectivity index (χ1v) is 7.02. The van der Waals surface area contributed by atoms with E-state index in [1.165, 1.54) is 5.69 Å². The minimum Gasteiger partial charge on any atom is -0.375 e. The van der Waals surface area contributed by atoms with Crippen molar-refractivity contribution in [1.82, 2.24) is 10.6 Å². The van der Waals surface area contributed by atoms with E-state index in [2.05, 4.69) is 41.6 Å². The highest BCUT2D eigenvalue weighted by Crippen LogP contribution is 2.10. The first-order chi connectivity index (χ1) is 9.24. The summed E-state index contributed by atoms with van der Waals surface area (Å²) < 4.78 is 0. The third-order valence-corrected chi connectivity index (χ3v) is 2.97. The van der Waals surface area contributed by atoms with Crippen molar-refractivity contribution in [3.8, 4) is 0 Å². The molecule has 106 valence electrons. The van der Waals surface area contributed by atoms with Gasteiger partial charge in [-0.3, -0.25) is 0 Å². The van der Waals surface area contributed by atoms with Gasteiger partial charge in [-0.25, -0.2) is 4.79 Å². The van der Waals surface area contributed by atoms with E-state index in [4.69, 9.17) is 0 Å². The van der Waals surface area contributed by atoms with Crippen LogP contribution in [0.2, 0.25) is 0 Å². The average Bonchev–Trinajstić information content (AvgIpc) is 2.44. The zero-order chi connectivity index (χ0) is 13.9. The number of nitrogens with one attached hydrogen (secondary N) is 2. The van der Waals surface area contributed by atoms with Crippen molar-refractivity contribution in [2.75, 3.05) is 31.6 Å². The Morgan fingerprint density at radius 2 is 1.74 bits per heavy atom. The van der Waals surface area contributed by atoms with Crippen LogP contribution >= 0.6 is 0 Å². The largest absolute Gasteiger partial charge is 0.375 e. The molecule has 0 radical (unpaired) electrons. The fourth-order valence-electron chi connectivity index (χ4n) is 1.77. The summed E-state index contributed by atoms with van der Waals surface area (Å²) in [6, 6.07) is 10.2. The van der Waals surface area contributed by atoms with E-state index in [0.29, 0.717) is 6.54 Å². The third-order valence-electron chi connectivity index (χ3n) is 2.97. The van der Waals surface area contributed by atoms with Crippen LogP contribution in [0.4, 0.5) is 10.5 Å². The summed E-state index contributed by atoms with van der Waals surface area (Å²) >= 11 is 0. The van der Waals surface area contributed by atoms with Gasteiger partial charge in [0.25, 0.3) is 0 Å². The summed E-state index contributed by atoms with van der Waals surface area (Å²) in [6.45, 7) is 4.50. The molecule has 0 aliphatic heterocycles. The van der Waals surface area contributed by atoms with E-state index in [1.807, 2.05) is 18.2 Å². The van der Waals surface area contributed by atoms with Gasteiger partial charge in [-0.15, -0.1) is 0 Å². The van der Waals surface area contributed by atoms with Crippen LogP contribution in [0.25, 0.3) is 0 Å². The van der Waals surface area contributed by atoms with Crippen molar-refractivity contribution in [3.05, 3.63) is 30.3 Å². The fourth-order valence-corrected chi connectivity index (χ4v) is 1.77. The van der Waals surface area contributed by atoms with Gasteiger partial charge < -0.3 is 15.5 Å². The molecule has 0 spiro atoms. The van der Waals surface area contributed by atoms with Crippen molar-refractivity contribution in [2.24, 2.45) is 0 Å². The number of hydrogen-bond donors (Lipinski definition) is 2. The smallest absolute Gasteiger partial charge is 0.314 e. The number of carbonyl (C=O) groups excluding carboxylic acids is 1. The molecule has 0 heterocycles. The quantitative estimate of drug-likeness (QED) is 0.708. The summed E-state index contributed by atoms with van der Waals surface area (Å²) in [5.74, 6) is 0. The van der Waals surface area contributed by atoms with Gasteiger partial charge in [0.2, 0.25) is 0 Å². The topological polar surface area (TPSA) is 44.4 Å². The Balaban J connectivity index is 2.09. The summed E-state index contributed by atoms with van der Waals surface area (Å²) in [4.78, 5) is 13.6. The summed E-state index contributed by atoms with van der Waals surface area (Å²) in [7, 11) is 2.07. The number of hydrogen-bond acceptors (Lipinski definition) is 2. The summed E-state index contributed by atoms with van der Waals surface area (Å²) in [6.07, 6.45) is 3.07. The second-order valence-electron chi connectivity index (χ2n) is 4.65. The van der Waals surface area contributed by atoms with Gasteiger partial charge in [-0.1, -0.05) is 31.5 Å². The minimum atomic E-state index is -0.0594. The molecule has 4 nitrogen and oxygen atoms in total. The van der Waals surface area contributed by atoms with E-state index in [1.54, 1.807) is 0 Å². The van der Waals surface area contributed by atoms with Crippen LogP contribution in [0.1, 0.15) is 26.2 Å². The molecule has 1 aromatic rings. The molecule has 0 saturated heterocycles. The van der Waals surface area contributed by atoms with Gasteiger partial charge in [0, 0.05) is 32.4 Å². The van der Waals surface area contributed by atoms with Crippen molar-refractivity contribution in [1.29, 1.82) is 0 Å². The molecule has 0 aromatic heterocycles. The lowest BCUT2D eigenvalue weighted by Gasteiger charge is -2.19. The highest BCUT2D eigenvalue weighted by Gasteiger charge is 2.01. The fraction of sp³-hybridized carbons (Fsp3) is 0.533. The number of unbranched alkanes of at least 4 members (excludes halogenated alkanes) is 1. The molecular weight excluding hydrogens is 238 g/mol. The van der Waals surface area contributed by atoms with Crippen molar-refractivity contribution >= 4 is 11.7 Å². The molecule has 0 aliphatic carbocycles. The first kappa shape index (κ1) is 15.3. The maximum absolute atomic E-state index is 11.4. The van der Waals surface area contributed by atoms with Crippen LogP contribution in [0, 0.1) is 0 Å². The Morgan fingerprint density at radius 1 is 1.11 bits per heavy atom. The molecule has 4 heteroatoms. The standard InChI is InChI=1S/C15H25N3O/c1-3-4-11-16-15(19)17-12-8-13-18(2)14-9-6-5-7-10-14/h5-7,9-10H,3-4,8,11-13H2,1-2H3,(H2,16,17,19). The minimum absolute atomic E-state index is 0.0594. The van der Waals surface area contributed by atoms with Gasteiger partial charge in [-0.2, -0.15) is 0 Å². The van der Waals surface area contributed by atoms with Gasteiger partial charge in [0.1, 0.15) is 0 Å². The second kappa shape index (κ2) is 9.25. The van der Waals surface area contributed by atoms with E-state index in [9.17, 15) is 4.79 Å². The molecule has 0 saturated carbocycles. The van der Waals surface area contributed by atoms with E-state index >= 15 is 0 Å². The molecule has 1 aromatic carbocycles. The molecular formula is C15H25N3O. The van der Waals surface area contributed by atoms with Gasteiger partial charge in [0.05, 0.1) is 0 Å². The average molecular weight is 263 g/mol. The van der Waals surface area contributed by atoms with Crippen LogP contribution in [0.5, 0.6) is 0 Å². The highest BCUT2D eigenvalue weighted by molar-refractivity contribution is 5.73. The number of anilines is 1. The lowest BCUT2D eigenvalue weighted by molar-refractivity contribution is 0.240. The highest BCUT2D eigenvalue weighted by atomic mass is 16.2. The van der Waals surface area contributed by atoms with Crippen LogP contribution in [0.3, 0.4) is 0 Å². The van der Waals surface area contributed by atoms with Crippen LogP contribution in [-0.4, -0.2) is 32.7 Å². The van der Waals surface area contributed by atoms with Gasteiger partial charge >= 0.3 is 6.03 Å². The zero-order valence-electron chi connectivity index (χ0n) is 12.0. The number of rotatable bonds is 8. The number of nitrogens with zero attached hydrogens (tertiary/aromatic N) is 1. The second-order valence-corrected chi connectivity index (χ2v) is 4.65. The Kier molecular flexibility index (Phi) is 7.47. The molecule has 19 heavy (non-hydrogen) atoms. The normalized spacial score (nSPS) is 10.0. The Labute approximate surface area is 116 Å². The first-order valence-electron chi connectivity index (χ1n) is 7.02. The monoisotopic (exact) mass is 263 g/mol. The number of benzene rings is 1. The molecule has 0 atom stereocenters. The number of para-hydroxylation sites is 1. The van der Waals surface area contributed by atoms with E-state index in [-0.39, 0.29) is 6.03 Å². The Morgan fingerprint density at radius 3 is 2.37 bits per heavy atom. The predicted octanol–water partition coefficient (Wildman–Crippen LogP) is 2.61. The molecule has 0 unspecified atom stereocenters. The Hall–Kier alpha value is -1.71. The van der Waals surface area contributed by atoms with Crippen LogP contribution in [-0.2, 0) is 0 Å². The SMILES string of the molecule is CCCCNC(=O)NCCCN(C)c1ccccc1. The third kappa shape index (κ3) is 6.70. The maximum Gasteiger partial charge on any atom is 0.314 e. The number of amides is 2. The lowest BCUT2D eigenvalue weighted by Crippen LogP contribution is -2.37. The van der Waals surface area contributed by atoms with Crippen molar-refractivity contribution in [3.63, 3.8) is 0 Å². The molecule has 2 amide bonds. The predicted molar refractivity (Wildman–Crippen MR) is 80.6 cm³/mol. The molecule has 0 bridgehead atoms. The zero-order valence-corrected chi connectivity index (χ0v) is 12.0. The maximum atomic E-state index is 11.4.